The molecule has 1 aromatic heterocycles. The maximum Gasteiger partial charge on any atom is 0.175 e. The molecule has 7 heteroatoms. The van der Waals surface area contributed by atoms with Gasteiger partial charge < -0.3 is 0 Å². The first-order chi connectivity index (χ1) is 13.8. The average molecular weight is 443 g/mol. The topological polar surface area (TPSA) is 52.0 Å². The van der Waals surface area contributed by atoms with E-state index in [4.69, 9.17) is 28.2 Å². The highest BCUT2D eigenvalue weighted by Gasteiger charge is 2.15. The highest BCUT2D eigenvalue weighted by atomic mass is 35.5. The van der Waals surface area contributed by atoms with E-state index in [9.17, 15) is 8.42 Å². The first-order valence-electron chi connectivity index (χ1n) is 8.73. The van der Waals surface area contributed by atoms with Gasteiger partial charge in [0.05, 0.1) is 10.6 Å². The van der Waals surface area contributed by atoms with Crippen molar-refractivity contribution in [1.82, 2.24) is 9.55 Å². The van der Waals surface area contributed by atoms with Gasteiger partial charge >= 0.3 is 0 Å². The maximum atomic E-state index is 11.8. The molecule has 0 aliphatic heterocycles. The van der Waals surface area contributed by atoms with Crippen molar-refractivity contribution in [3.8, 4) is 28.3 Å². The number of aromatic nitrogens is 2. The van der Waals surface area contributed by atoms with Gasteiger partial charge in [-0.05, 0) is 60.7 Å². The molecule has 0 saturated carbocycles. The van der Waals surface area contributed by atoms with E-state index in [1.54, 1.807) is 24.3 Å². The van der Waals surface area contributed by atoms with Crippen LogP contribution in [0.2, 0.25) is 10.0 Å². The Kier molecular flexibility index (Phi) is 5.21. The predicted molar refractivity (Wildman–Crippen MR) is 118 cm³/mol. The van der Waals surface area contributed by atoms with Crippen molar-refractivity contribution in [2.75, 3.05) is 6.26 Å². The van der Waals surface area contributed by atoms with Crippen LogP contribution in [0.4, 0.5) is 0 Å². The van der Waals surface area contributed by atoms with Crippen LogP contribution in [-0.2, 0) is 9.84 Å². The summed E-state index contributed by atoms with van der Waals surface area (Å²) in [5, 5.41) is 1.27. The molecule has 4 aromatic rings. The predicted octanol–water partition coefficient (Wildman–Crippen LogP) is 5.92. The van der Waals surface area contributed by atoms with Crippen molar-refractivity contribution in [2.24, 2.45) is 0 Å². The van der Waals surface area contributed by atoms with Crippen LogP contribution in [0.5, 0.6) is 0 Å². The molecule has 4 nitrogen and oxygen atoms in total. The Morgan fingerprint density at radius 1 is 0.828 bits per heavy atom. The van der Waals surface area contributed by atoms with Gasteiger partial charge in [0, 0.05) is 39.3 Å². The third kappa shape index (κ3) is 4.22. The largest absolute Gasteiger partial charge is 0.299 e. The Labute approximate surface area is 179 Å². The van der Waals surface area contributed by atoms with E-state index < -0.39 is 9.84 Å². The number of sulfone groups is 1. The quantitative estimate of drug-likeness (QED) is 0.394. The molecule has 0 unspecified atom stereocenters. The Hall–Kier alpha value is -2.60. The normalized spacial score (nSPS) is 11.6. The average Bonchev–Trinajstić information content (AvgIpc) is 3.13. The van der Waals surface area contributed by atoms with Crippen molar-refractivity contribution in [2.45, 2.75) is 4.90 Å². The molecular formula is C22H16Cl2N2O2S. The molecule has 0 spiro atoms. The van der Waals surface area contributed by atoms with Crippen LogP contribution in [0.1, 0.15) is 0 Å². The molecule has 29 heavy (non-hydrogen) atoms. The van der Waals surface area contributed by atoms with Crippen molar-refractivity contribution in [1.29, 1.82) is 0 Å². The van der Waals surface area contributed by atoms with Crippen LogP contribution < -0.4 is 0 Å². The van der Waals surface area contributed by atoms with E-state index in [-0.39, 0.29) is 4.90 Å². The summed E-state index contributed by atoms with van der Waals surface area (Å²) in [5.41, 5.74) is 3.32. The maximum absolute atomic E-state index is 11.8. The number of nitrogens with zero attached hydrogens (tertiary/aromatic N) is 2. The first kappa shape index (κ1) is 19.7. The zero-order valence-corrected chi connectivity index (χ0v) is 17.7. The number of halogens is 2. The lowest BCUT2D eigenvalue weighted by atomic mass is 10.2. The van der Waals surface area contributed by atoms with E-state index in [1.165, 1.54) is 6.26 Å². The second-order valence-electron chi connectivity index (χ2n) is 6.60. The third-order valence-corrected chi connectivity index (χ3v) is 6.09. The number of rotatable bonds is 4. The van der Waals surface area contributed by atoms with Gasteiger partial charge in [0.15, 0.2) is 9.84 Å². The lowest BCUT2D eigenvalue weighted by Gasteiger charge is -2.09. The van der Waals surface area contributed by atoms with Crippen LogP contribution in [0.15, 0.2) is 83.9 Å². The zero-order valence-electron chi connectivity index (χ0n) is 15.4. The van der Waals surface area contributed by atoms with Gasteiger partial charge in [-0.3, -0.25) is 4.57 Å². The number of hydrogen-bond donors (Lipinski definition) is 0. The molecule has 0 bridgehead atoms. The van der Waals surface area contributed by atoms with Crippen LogP contribution in [0, 0.1) is 0 Å². The summed E-state index contributed by atoms with van der Waals surface area (Å²) in [6.45, 7) is 0. The second kappa shape index (κ2) is 7.67. The van der Waals surface area contributed by atoms with E-state index in [2.05, 4.69) is 0 Å². The Morgan fingerprint density at radius 3 is 2.14 bits per heavy atom. The number of imidazole rings is 1. The van der Waals surface area contributed by atoms with E-state index in [0.29, 0.717) is 15.9 Å². The minimum absolute atomic E-state index is 0.268. The van der Waals surface area contributed by atoms with Gasteiger partial charge in [-0.15, -0.1) is 0 Å². The van der Waals surface area contributed by atoms with Gasteiger partial charge in [-0.25, -0.2) is 13.4 Å². The SMILES string of the molecule is CS(=O)(=O)c1ccc(-n2cc(-c3cccc(Cl)c3)nc2-c2ccc(Cl)cc2)cc1. The molecule has 3 aromatic carbocycles. The number of benzene rings is 3. The van der Waals surface area contributed by atoms with Crippen molar-refractivity contribution in [3.63, 3.8) is 0 Å². The first-order valence-corrected chi connectivity index (χ1v) is 11.4. The summed E-state index contributed by atoms with van der Waals surface area (Å²) in [6.07, 6.45) is 3.10. The van der Waals surface area contributed by atoms with Crippen LogP contribution in [-0.4, -0.2) is 24.2 Å². The highest BCUT2D eigenvalue weighted by Crippen LogP contribution is 2.30. The summed E-state index contributed by atoms with van der Waals surface area (Å²) in [6, 6.07) is 21.6. The fourth-order valence-corrected chi connectivity index (χ4v) is 3.97. The van der Waals surface area contributed by atoms with E-state index in [0.717, 1.165) is 22.5 Å². The third-order valence-electron chi connectivity index (χ3n) is 4.47. The minimum atomic E-state index is -3.27. The fourth-order valence-electron chi connectivity index (χ4n) is 3.02. The van der Waals surface area contributed by atoms with Crippen molar-refractivity contribution < 1.29 is 8.42 Å². The molecule has 0 saturated heterocycles. The fraction of sp³-hybridized carbons (Fsp3) is 0.0455. The van der Waals surface area contributed by atoms with Gasteiger partial charge in [-0.2, -0.15) is 0 Å². The standard InChI is InChI=1S/C22H16Cl2N2O2S/c1-29(27,28)20-11-9-19(10-12-20)26-14-21(16-3-2-4-18(24)13-16)25-22(26)15-5-7-17(23)8-6-15/h2-14H,1H3. The molecular weight excluding hydrogens is 427 g/mol. The summed E-state index contributed by atoms with van der Waals surface area (Å²) in [4.78, 5) is 5.08. The van der Waals surface area contributed by atoms with Gasteiger partial charge in [0.1, 0.15) is 5.82 Å². The molecule has 0 aliphatic rings. The summed E-state index contributed by atoms with van der Waals surface area (Å²) >= 11 is 12.2. The molecule has 0 amide bonds. The lowest BCUT2D eigenvalue weighted by Crippen LogP contribution is -1.99. The summed E-state index contributed by atoms with van der Waals surface area (Å²) < 4.78 is 25.5. The van der Waals surface area contributed by atoms with E-state index in [1.807, 2.05) is 59.3 Å². The summed E-state index contributed by atoms with van der Waals surface area (Å²) in [7, 11) is -3.27. The summed E-state index contributed by atoms with van der Waals surface area (Å²) in [5.74, 6) is 0.712. The molecule has 146 valence electrons. The van der Waals surface area contributed by atoms with Crippen molar-refractivity contribution in [3.05, 3.63) is 89.0 Å². The van der Waals surface area contributed by atoms with Crippen LogP contribution in [0.3, 0.4) is 0 Å². The molecule has 4 rings (SSSR count). The molecule has 1 heterocycles. The molecule has 0 N–H and O–H groups in total. The Morgan fingerprint density at radius 2 is 1.52 bits per heavy atom. The highest BCUT2D eigenvalue weighted by molar-refractivity contribution is 7.90. The Bertz CT molecular complexity index is 1280. The zero-order chi connectivity index (χ0) is 20.6. The van der Waals surface area contributed by atoms with Crippen LogP contribution >= 0.6 is 23.2 Å². The van der Waals surface area contributed by atoms with Gasteiger partial charge in [0.2, 0.25) is 0 Å². The number of hydrogen-bond acceptors (Lipinski definition) is 3. The van der Waals surface area contributed by atoms with Crippen LogP contribution in [0.25, 0.3) is 28.3 Å². The lowest BCUT2D eigenvalue weighted by molar-refractivity contribution is 0.602. The monoisotopic (exact) mass is 442 g/mol. The molecule has 0 atom stereocenters. The molecule has 0 aliphatic carbocycles. The Balaban J connectivity index is 1.88. The minimum Gasteiger partial charge on any atom is -0.299 e. The molecule has 0 radical (unpaired) electrons. The molecule has 0 fully saturated rings. The van der Waals surface area contributed by atoms with Crippen molar-refractivity contribution >= 4 is 33.0 Å². The van der Waals surface area contributed by atoms with Gasteiger partial charge in [-0.1, -0.05) is 35.3 Å². The smallest absolute Gasteiger partial charge is 0.175 e. The van der Waals surface area contributed by atoms with E-state index >= 15 is 0 Å². The second-order valence-corrected chi connectivity index (χ2v) is 9.49. The van der Waals surface area contributed by atoms with Gasteiger partial charge in [0.25, 0.3) is 0 Å².